The van der Waals surface area contributed by atoms with E-state index in [0.717, 1.165) is 0 Å². The highest BCUT2D eigenvalue weighted by atomic mass is 19.2. The minimum atomic E-state index is -1.21. The minimum Gasteiger partial charge on any atom is -0.394 e. The van der Waals surface area contributed by atoms with Crippen LogP contribution in [0.2, 0.25) is 0 Å². The van der Waals surface area contributed by atoms with Crippen molar-refractivity contribution >= 4 is 0 Å². The van der Waals surface area contributed by atoms with E-state index in [2.05, 4.69) is 20.6 Å². The van der Waals surface area contributed by atoms with Gasteiger partial charge in [-0.25, -0.2) is 18.1 Å². The number of methoxy groups -OCH3 is 1. The molecule has 1 saturated heterocycles. The summed E-state index contributed by atoms with van der Waals surface area (Å²) in [7, 11) is 1.47. The van der Waals surface area contributed by atoms with Gasteiger partial charge in [-0.15, -0.1) is 10.2 Å². The van der Waals surface area contributed by atoms with E-state index in [4.69, 9.17) is 9.47 Å². The molecule has 0 aliphatic carbocycles. The molecule has 0 amide bonds. The lowest BCUT2D eigenvalue weighted by molar-refractivity contribution is -0.212. The van der Waals surface area contributed by atoms with Crippen LogP contribution in [-0.4, -0.2) is 78.3 Å². The number of ether oxygens (including phenoxy) is 2. The number of benzene rings is 1. The van der Waals surface area contributed by atoms with Crippen molar-refractivity contribution in [2.75, 3.05) is 13.7 Å². The molecule has 1 fully saturated rings. The first-order valence-corrected chi connectivity index (χ1v) is 11.3. The number of rotatable bonds is 6. The van der Waals surface area contributed by atoms with Crippen LogP contribution in [0.1, 0.15) is 38.1 Å². The number of aliphatic hydroxyl groups excluding tert-OH is 2. The Bertz CT molecular complexity index is 1180. The molecule has 35 heavy (non-hydrogen) atoms. The number of aromatic nitrogens is 6. The molecule has 10 nitrogen and oxygen atoms in total. The molecule has 3 heterocycles. The molecule has 4 rings (SSSR count). The lowest BCUT2D eigenvalue weighted by atomic mass is 9.90. The lowest BCUT2D eigenvalue weighted by Crippen LogP contribution is -2.57. The standard InChI is InChI=1S/C23H30F2N6O4/c1-12-6-7-14(19(25)18(12)24)15-10-30(28-27-15)20-21(33)17(11-32)35-16(22(20)34-5)8-13-9-31(29-26-13)23(2,3)4/h6-7,9-10,16-17,20-22,32-33H,8,11H2,1-5H3/t16-,17-,20+,21+,22+/m1/s1. The van der Waals surface area contributed by atoms with E-state index in [-0.39, 0.29) is 22.4 Å². The van der Waals surface area contributed by atoms with Crippen molar-refractivity contribution < 1.29 is 28.5 Å². The summed E-state index contributed by atoms with van der Waals surface area (Å²) in [6, 6.07) is 2.05. The average Bonchev–Trinajstić information content (AvgIpc) is 3.48. The number of halogens is 2. The molecule has 0 unspecified atom stereocenters. The van der Waals surface area contributed by atoms with Crippen molar-refractivity contribution in [1.29, 1.82) is 0 Å². The Balaban J connectivity index is 1.66. The van der Waals surface area contributed by atoms with Crippen LogP contribution in [0.15, 0.2) is 24.5 Å². The van der Waals surface area contributed by atoms with Gasteiger partial charge in [0.05, 0.1) is 30.1 Å². The molecule has 0 spiro atoms. The molecule has 12 heteroatoms. The summed E-state index contributed by atoms with van der Waals surface area (Å²) in [5.41, 5.74) is 0.613. The zero-order chi connectivity index (χ0) is 25.5. The zero-order valence-electron chi connectivity index (χ0n) is 20.3. The van der Waals surface area contributed by atoms with E-state index in [1.54, 1.807) is 4.68 Å². The van der Waals surface area contributed by atoms with Crippen LogP contribution in [-0.2, 0) is 21.4 Å². The topological polar surface area (TPSA) is 120 Å². The summed E-state index contributed by atoms with van der Waals surface area (Å²) in [6.07, 6.45) is 0.0503. The van der Waals surface area contributed by atoms with Gasteiger partial charge in [0.15, 0.2) is 11.6 Å². The second-order valence-electron chi connectivity index (χ2n) is 9.75. The second-order valence-corrected chi connectivity index (χ2v) is 9.75. The third kappa shape index (κ3) is 4.83. The van der Waals surface area contributed by atoms with Crippen LogP contribution in [0.4, 0.5) is 8.78 Å². The van der Waals surface area contributed by atoms with Gasteiger partial charge in [-0.2, -0.15) is 0 Å². The van der Waals surface area contributed by atoms with Crippen LogP contribution in [0.25, 0.3) is 11.3 Å². The highest BCUT2D eigenvalue weighted by Crippen LogP contribution is 2.34. The zero-order valence-corrected chi connectivity index (χ0v) is 20.3. The Morgan fingerprint density at radius 3 is 2.46 bits per heavy atom. The molecule has 1 aliphatic heterocycles. The van der Waals surface area contributed by atoms with Crippen molar-refractivity contribution in [3.05, 3.63) is 47.4 Å². The first kappa shape index (κ1) is 25.3. The minimum absolute atomic E-state index is 0.0519. The Morgan fingerprint density at radius 1 is 1.09 bits per heavy atom. The van der Waals surface area contributed by atoms with E-state index >= 15 is 0 Å². The van der Waals surface area contributed by atoms with Gasteiger partial charge < -0.3 is 19.7 Å². The smallest absolute Gasteiger partial charge is 0.168 e. The fourth-order valence-electron chi connectivity index (χ4n) is 4.25. The SMILES string of the molecule is CO[C@@H]1[C@@H](n2cc(-c3ccc(C)c(F)c3F)nn2)[C@@H](O)[C@@H](CO)O[C@@H]1Cc1cn(C(C)(C)C)nn1. The maximum absolute atomic E-state index is 14.5. The number of hydrogen-bond donors (Lipinski definition) is 2. The Hall–Kier alpha value is -2.80. The van der Waals surface area contributed by atoms with Crippen molar-refractivity contribution in [1.82, 2.24) is 30.0 Å². The first-order valence-electron chi connectivity index (χ1n) is 11.3. The maximum Gasteiger partial charge on any atom is 0.168 e. The first-order chi connectivity index (χ1) is 16.5. The number of nitrogens with zero attached hydrogens (tertiary/aromatic N) is 6. The van der Waals surface area contributed by atoms with Gasteiger partial charge in [-0.3, -0.25) is 0 Å². The van der Waals surface area contributed by atoms with E-state index < -0.39 is 48.7 Å². The number of aliphatic hydroxyl groups is 2. The van der Waals surface area contributed by atoms with Crippen molar-refractivity contribution in [2.24, 2.45) is 0 Å². The molecule has 190 valence electrons. The van der Waals surface area contributed by atoms with Crippen molar-refractivity contribution in [2.45, 2.75) is 70.1 Å². The molecule has 3 aromatic rings. The van der Waals surface area contributed by atoms with Crippen LogP contribution < -0.4 is 0 Å². The fraction of sp³-hybridized carbons (Fsp3) is 0.565. The van der Waals surface area contributed by atoms with E-state index in [0.29, 0.717) is 12.1 Å². The molecule has 1 aromatic carbocycles. The van der Waals surface area contributed by atoms with Crippen LogP contribution in [0.5, 0.6) is 0 Å². The average molecular weight is 493 g/mol. The number of hydrogen-bond acceptors (Lipinski definition) is 8. The molecule has 2 aromatic heterocycles. The molecule has 1 aliphatic rings. The summed E-state index contributed by atoms with van der Waals surface area (Å²) in [5.74, 6) is -1.98. The molecule has 0 bridgehead atoms. The summed E-state index contributed by atoms with van der Waals surface area (Å²) >= 11 is 0. The van der Waals surface area contributed by atoms with Gasteiger partial charge in [0, 0.05) is 25.3 Å². The van der Waals surface area contributed by atoms with Crippen molar-refractivity contribution in [3.63, 3.8) is 0 Å². The summed E-state index contributed by atoms with van der Waals surface area (Å²) in [6.45, 7) is 7.02. The van der Waals surface area contributed by atoms with Crippen molar-refractivity contribution in [3.8, 4) is 11.3 Å². The third-order valence-electron chi connectivity index (χ3n) is 6.24. The highest BCUT2D eigenvalue weighted by molar-refractivity contribution is 5.59. The Morgan fingerprint density at radius 2 is 1.83 bits per heavy atom. The van der Waals surface area contributed by atoms with E-state index in [1.807, 2.05) is 27.0 Å². The fourth-order valence-corrected chi connectivity index (χ4v) is 4.25. The molecular weight excluding hydrogens is 462 g/mol. The van der Waals surface area contributed by atoms with Gasteiger partial charge >= 0.3 is 0 Å². The predicted molar refractivity (Wildman–Crippen MR) is 120 cm³/mol. The predicted octanol–water partition coefficient (Wildman–Crippen LogP) is 1.80. The molecule has 0 saturated carbocycles. The van der Waals surface area contributed by atoms with Gasteiger partial charge in [0.2, 0.25) is 0 Å². The van der Waals surface area contributed by atoms with Gasteiger partial charge in [0.25, 0.3) is 0 Å². The summed E-state index contributed by atoms with van der Waals surface area (Å²) in [4.78, 5) is 0. The van der Waals surface area contributed by atoms with Crippen LogP contribution in [0, 0.1) is 18.6 Å². The normalized spacial score (nSPS) is 25.2. The molecule has 2 N–H and O–H groups in total. The molecule has 0 radical (unpaired) electrons. The molecular formula is C23H30F2N6O4. The monoisotopic (exact) mass is 492 g/mol. The van der Waals surface area contributed by atoms with Crippen LogP contribution in [0.3, 0.4) is 0 Å². The summed E-state index contributed by atoms with van der Waals surface area (Å²) in [5, 5.41) is 37.3. The van der Waals surface area contributed by atoms with Crippen LogP contribution >= 0.6 is 0 Å². The Labute approximate surface area is 201 Å². The quantitative estimate of drug-likeness (QED) is 0.535. The summed E-state index contributed by atoms with van der Waals surface area (Å²) < 4.78 is 43.4. The highest BCUT2D eigenvalue weighted by Gasteiger charge is 2.47. The maximum atomic E-state index is 14.5. The Kier molecular flexibility index (Phi) is 7.00. The largest absolute Gasteiger partial charge is 0.394 e. The van der Waals surface area contributed by atoms with E-state index in [9.17, 15) is 19.0 Å². The second kappa shape index (κ2) is 9.69. The number of aryl methyl sites for hydroxylation is 1. The van der Waals surface area contributed by atoms with E-state index in [1.165, 1.54) is 37.0 Å². The van der Waals surface area contributed by atoms with Gasteiger partial charge in [0.1, 0.15) is 30.0 Å². The lowest BCUT2D eigenvalue weighted by Gasteiger charge is -2.43. The van der Waals surface area contributed by atoms with Gasteiger partial charge in [-0.05, 0) is 39.3 Å². The van der Waals surface area contributed by atoms with Gasteiger partial charge in [-0.1, -0.05) is 16.5 Å². The molecule has 5 atom stereocenters. The third-order valence-corrected chi connectivity index (χ3v) is 6.24.